The van der Waals surface area contributed by atoms with Crippen molar-refractivity contribution in [3.63, 3.8) is 0 Å². The van der Waals surface area contributed by atoms with E-state index in [0.29, 0.717) is 18.7 Å². The van der Waals surface area contributed by atoms with Crippen LogP contribution >= 0.6 is 0 Å². The quantitative estimate of drug-likeness (QED) is 0.480. The van der Waals surface area contributed by atoms with Crippen LogP contribution < -0.4 is 10.6 Å². The Morgan fingerprint density at radius 3 is 2.37 bits per heavy atom. The molecule has 27 heavy (non-hydrogen) atoms. The SMILES string of the molecule is CCCC(C)C(=O)C(CCCCNC(=O)CCCc1ccc(C)cc1)NC. The van der Waals surface area contributed by atoms with Crippen molar-refractivity contribution in [3.8, 4) is 0 Å². The molecule has 0 bridgehead atoms. The summed E-state index contributed by atoms with van der Waals surface area (Å²) < 4.78 is 0. The van der Waals surface area contributed by atoms with E-state index in [9.17, 15) is 9.59 Å². The number of hydrogen-bond donors (Lipinski definition) is 2. The summed E-state index contributed by atoms with van der Waals surface area (Å²) in [6.07, 6.45) is 7.08. The summed E-state index contributed by atoms with van der Waals surface area (Å²) in [6, 6.07) is 8.43. The van der Waals surface area contributed by atoms with Crippen molar-refractivity contribution < 1.29 is 9.59 Å². The van der Waals surface area contributed by atoms with Crippen LogP contribution in [0.1, 0.15) is 69.9 Å². The number of nitrogens with one attached hydrogen (secondary N) is 2. The first-order chi connectivity index (χ1) is 13.0. The Balaban J connectivity index is 2.13. The molecule has 4 nitrogen and oxygen atoms in total. The van der Waals surface area contributed by atoms with Crippen molar-refractivity contribution in [2.45, 2.75) is 78.2 Å². The molecule has 0 spiro atoms. The van der Waals surface area contributed by atoms with E-state index in [-0.39, 0.29) is 17.9 Å². The number of carbonyl (C=O) groups is 2. The fourth-order valence-electron chi connectivity index (χ4n) is 3.35. The smallest absolute Gasteiger partial charge is 0.220 e. The fourth-order valence-corrected chi connectivity index (χ4v) is 3.35. The van der Waals surface area contributed by atoms with Gasteiger partial charge in [-0.3, -0.25) is 9.59 Å². The highest BCUT2D eigenvalue weighted by Gasteiger charge is 2.21. The standard InChI is InChI=1S/C23H38N2O2/c1-5-9-19(3)23(27)21(24-4)11-6-7-17-25-22(26)12-8-10-20-15-13-18(2)14-16-20/h13-16,19,21,24H,5-12,17H2,1-4H3,(H,25,26). The number of carbonyl (C=O) groups excluding carboxylic acids is 2. The lowest BCUT2D eigenvalue weighted by molar-refractivity contribution is -0.125. The maximum atomic E-state index is 12.4. The maximum absolute atomic E-state index is 12.4. The number of likely N-dealkylation sites (N-methyl/N-ethyl adjacent to an activating group) is 1. The maximum Gasteiger partial charge on any atom is 0.220 e. The zero-order valence-electron chi connectivity index (χ0n) is 17.6. The Bertz CT molecular complexity index is 554. The molecule has 0 saturated carbocycles. The van der Waals surface area contributed by atoms with E-state index >= 15 is 0 Å². The van der Waals surface area contributed by atoms with Crippen LogP contribution in [-0.4, -0.2) is 31.3 Å². The molecule has 0 saturated heterocycles. The summed E-state index contributed by atoms with van der Waals surface area (Å²) >= 11 is 0. The van der Waals surface area contributed by atoms with Crippen molar-refractivity contribution in [1.29, 1.82) is 0 Å². The minimum Gasteiger partial charge on any atom is -0.356 e. The fraction of sp³-hybridized carbons (Fsp3) is 0.652. The van der Waals surface area contributed by atoms with Crippen molar-refractivity contribution in [2.24, 2.45) is 5.92 Å². The lowest BCUT2D eigenvalue weighted by atomic mass is 9.93. The highest BCUT2D eigenvalue weighted by atomic mass is 16.1. The average molecular weight is 375 g/mol. The Morgan fingerprint density at radius 2 is 1.74 bits per heavy atom. The number of rotatable bonds is 14. The normalized spacial score (nSPS) is 13.2. The van der Waals surface area contributed by atoms with E-state index in [1.165, 1.54) is 11.1 Å². The monoisotopic (exact) mass is 374 g/mol. The summed E-state index contributed by atoms with van der Waals surface area (Å²) in [5.41, 5.74) is 2.55. The zero-order valence-corrected chi connectivity index (χ0v) is 17.6. The van der Waals surface area contributed by atoms with Crippen LogP contribution in [0.25, 0.3) is 0 Å². The van der Waals surface area contributed by atoms with Gasteiger partial charge in [-0.25, -0.2) is 0 Å². The third-order valence-corrected chi connectivity index (χ3v) is 5.13. The van der Waals surface area contributed by atoms with Gasteiger partial charge in [-0.2, -0.15) is 0 Å². The van der Waals surface area contributed by atoms with Crippen LogP contribution in [0.2, 0.25) is 0 Å². The topological polar surface area (TPSA) is 58.2 Å². The van der Waals surface area contributed by atoms with Crippen molar-refractivity contribution in [2.75, 3.05) is 13.6 Å². The molecule has 0 aromatic heterocycles. The minimum atomic E-state index is -0.0586. The minimum absolute atomic E-state index is 0.0586. The lowest BCUT2D eigenvalue weighted by Gasteiger charge is -2.19. The molecule has 1 amide bonds. The van der Waals surface area contributed by atoms with Crippen molar-refractivity contribution in [1.82, 2.24) is 10.6 Å². The number of amides is 1. The van der Waals surface area contributed by atoms with E-state index < -0.39 is 0 Å². The third kappa shape index (κ3) is 9.71. The summed E-state index contributed by atoms with van der Waals surface area (Å²) in [4.78, 5) is 24.3. The van der Waals surface area contributed by atoms with Crippen LogP contribution in [0.3, 0.4) is 0 Å². The van der Waals surface area contributed by atoms with Gasteiger partial charge in [0.25, 0.3) is 0 Å². The van der Waals surface area contributed by atoms with Gasteiger partial charge in [-0.05, 0) is 58.1 Å². The van der Waals surface area contributed by atoms with E-state index in [4.69, 9.17) is 0 Å². The van der Waals surface area contributed by atoms with E-state index in [0.717, 1.165) is 44.9 Å². The number of benzene rings is 1. The molecule has 0 radical (unpaired) electrons. The first kappa shape index (κ1) is 23.4. The van der Waals surface area contributed by atoms with Gasteiger partial charge >= 0.3 is 0 Å². The average Bonchev–Trinajstić information content (AvgIpc) is 2.66. The molecule has 2 unspecified atom stereocenters. The Hall–Kier alpha value is -1.68. The Morgan fingerprint density at radius 1 is 1.04 bits per heavy atom. The number of hydrogen-bond acceptors (Lipinski definition) is 3. The molecule has 4 heteroatoms. The molecule has 0 heterocycles. The van der Waals surface area contributed by atoms with Crippen molar-refractivity contribution in [3.05, 3.63) is 35.4 Å². The molecule has 0 aliphatic heterocycles. The predicted octanol–water partition coefficient (Wildman–Crippen LogP) is 4.20. The molecule has 0 aliphatic rings. The highest BCUT2D eigenvalue weighted by molar-refractivity contribution is 5.85. The van der Waals surface area contributed by atoms with Gasteiger partial charge < -0.3 is 10.6 Å². The van der Waals surface area contributed by atoms with Gasteiger partial charge in [0, 0.05) is 18.9 Å². The molecule has 0 fully saturated rings. The molecule has 2 N–H and O–H groups in total. The van der Waals surface area contributed by atoms with E-state index in [2.05, 4.69) is 48.7 Å². The molecular formula is C23H38N2O2. The van der Waals surface area contributed by atoms with Gasteiger partial charge in [0.15, 0.2) is 5.78 Å². The van der Waals surface area contributed by atoms with Crippen LogP contribution in [-0.2, 0) is 16.0 Å². The molecular weight excluding hydrogens is 336 g/mol. The van der Waals surface area contributed by atoms with Crippen LogP contribution in [0.15, 0.2) is 24.3 Å². The third-order valence-electron chi connectivity index (χ3n) is 5.13. The molecule has 1 aromatic carbocycles. The molecule has 1 aromatic rings. The number of Topliss-reactive ketones (excluding diaryl/α,β-unsaturated/α-hetero) is 1. The summed E-state index contributed by atoms with van der Waals surface area (Å²) in [5.74, 6) is 0.570. The molecule has 152 valence electrons. The summed E-state index contributed by atoms with van der Waals surface area (Å²) in [7, 11) is 1.86. The van der Waals surface area contributed by atoms with E-state index in [1.54, 1.807) is 0 Å². The number of aryl methyl sites for hydroxylation is 2. The van der Waals surface area contributed by atoms with E-state index in [1.807, 2.05) is 14.0 Å². The van der Waals surface area contributed by atoms with Crippen LogP contribution in [0.5, 0.6) is 0 Å². The van der Waals surface area contributed by atoms with Crippen LogP contribution in [0.4, 0.5) is 0 Å². The zero-order chi connectivity index (χ0) is 20.1. The van der Waals surface area contributed by atoms with Crippen LogP contribution in [0, 0.1) is 12.8 Å². The van der Waals surface area contributed by atoms with Gasteiger partial charge in [0.05, 0.1) is 6.04 Å². The Kier molecular flexibility index (Phi) is 11.7. The number of ketones is 1. The molecule has 0 aliphatic carbocycles. The first-order valence-corrected chi connectivity index (χ1v) is 10.5. The lowest BCUT2D eigenvalue weighted by Crippen LogP contribution is -2.37. The summed E-state index contributed by atoms with van der Waals surface area (Å²) in [6.45, 7) is 6.91. The largest absolute Gasteiger partial charge is 0.356 e. The highest BCUT2D eigenvalue weighted by Crippen LogP contribution is 2.12. The molecule has 2 atom stereocenters. The second kappa shape index (κ2) is 13.5. The predicted molar refractivity (Wildman–Crippen MR) is 113 cm³/mol. The first-order valence-electron chi connectivity index (χ1n) is 10.5. The van der Waals surface area contributed by atoms with Gasteiger partial charge in [0.2, 0.25) is 5.91 Å². The summed E-state index contributed by atoms with van der Waals surface area (Å²) in [5, 5.41) is 6.15. The van der Waals surface area contributed by atoms with Gasteiger partial charge in [0.1, 0.15) is 0 Å². The molecule has 1 rings (SSSR count). The second-order valence-corrected chi connectivity index (χ2v) is 7.62. The Labute approximate surface area is 165 Å². The van der Waals surface area contributed by atoms with Gasteiger partial charge in [-0.1, -0.05) is 50.1 Å². The number of unbranched alkanes of at least 4 members (excludes halogenated alkanes) is 1. The van der Waals surface area contributed by atoms with Gasteiger partial charge in [-0.15, -0.1) is 0 Å². The second-order valence-electron chi connectivity index (χ2n) is 7.62. The van der Waals surface area contributed by atoms with Crippen molar-refractivity contribution >= 4 is 11.7 Å².